The van der Waals surface area contributed by atoms with Crippen molar-refractivity contribution in [1.29, 1.82) is 0 Å². The van der Waals surface area contributed by atoms with Crippen LogP contribution >= 0.6 is 0 Å². The van der Waals surface area contributed by atoms with E-state index in [0.29, 0.717) is 49.7 Å². The molecule has 7 nitrogen and oxygen atoms in total. The molecule has 0 spiro atoms. The third-order valence-electron chi connectivity index (χ3n) is 5.69. The average Bonchev–Trinajstić information content (AvgIpc) is 2.71. The number of benzene rings is 1. The van der Waals surface area contributed by atoms with E-state index in [4.69, 9.17) is 4.74 Å². The second-order valence-electron chi connectivity index (χ2n) is 7.63. The molecule has 1 aromatic carbocycles. The third kappa shape index (κ3) is 4.16. The van der Waals surface area contributed by atoms with Crippen molar-refractivity contribution in [2.75, 3.05) is 26.3 Å². The molecule has 1 N–H and O–H groups in total. The summed E-state index contributed by atoms with van der Waals surface area (Å²) in [5, 5.41) is 3.53. The Morgan fingerprint density at radius 3 is 2.71 bits per heavy atom. The molecule has 8 heteroatoms. The van der Waals surface area contributed by atoms with Crippen molar-refractivity contribution in [2.45, 2.75) is 38.3 Å². The number of carbonyl (C=O) groups excluding carboxylic acids is 1. The number of urea groups is 1. The van der Waals surface area contributed by atoms with Gasteiger partial charge in [-0.2, -0.15) is 0 Å². The van der Waals surface area contributed by atoms with E-state index in [1.54, 1.807) is 4.57 Å². The Kier molecular flexibility index (Phi) is 5.57. The van der Waals surface area contributed by atoms with Gasteiger partial charge in [-0.3, -0.25) is 9.36 Å². The van der Waals surface area contributed by atoms with E-state index >= 15 is 0 Å². The van der Waals surface area contributed by atoms with E-state index in [1.807, 2.05) is 4.90 Å². The molecular formula is C20H25FN4O3. The molecule has 0 bridgehead atoms. The lowest BCUT2D eigenvalue weighted by molar-refractivity contribution is 0.0770. The molecule has 2 amide bonds. The standard InChI is InChI=1S/C20H25FN4O3/c21-15-1-2-17-18(11-15)22-13-25(19(17)26)12-14-3-7-24(8-4-14)20(27)23-16-5-9-28-10-6-16/h1-2,11,13-14,16H,3-10,12H2,(H,23,27). The normalized spacial score (nSPS) is 19.1. The lowest BCUT2D eigenvalue weighted by atomic mass is 9.97. The lowest BCUT2D eigenvalue weighted by Crippen LogP contribution is -2.49. The zero-order valence-corrected chi connectivity index (χ0v) is 15.8. The number of hydrogen-bond acceptors (Lipinski definition) is 4. The molecule has 0 unspecified atom stereocenters. The van der Waals surface area contributed by atoms with Gasteiger partial charge in [0.2, 0.25) is 0 Å². The molecule has 3 heterocycles. The molecule has 28 heavy (non-hydrogen) atoms. The van der Waals surface area contributed by atoms with Crippen LogP contribution in [0.2, 0.25) is 0 Å². The van der Waals surface area contributed by atoms with Crippen LogP contribution in [0.4, 0.5) is 9.18 Å². The molecule has 0 atom stereocenters. The van der Waals surface area contributed by atoms with Crippen molar-refractivity contribution in [3.8, 4) is 0 Å². The fraction of sp³-hybridized carbons (Fsp3) is 0.550. The number of aromatic nitrogens is 2. The maximum Gasteiger partial charge on any atom is 0.317 e. The molecule has 1 aromatic heterocycles. The zero-order valence-electron chi connectivity index (χ0n) is 15.8. The topological polar surface area (TPSA) is 76.5 Å². The van der Waals surface area contributed by atoms with Gasteiger partial charge >= 0.3 is 6.03 Å². The summed E-state index contributed by atoms with van der Waals surface area (Å²) < 4.78 is 20.2. The fourth-order valence-corrected chi connectivity index (χ4v) is 3.97. The van der Waals surface area contributed by atoms with E-state index in [2.05, 4.69) is 10.3 Å². The second kappa shape index (κ2) is 8.26. The number of nitrogens with zero attached hydrogens (tertiary/aromatic N) is 3. The number of fused-ring (bicyclic) bond motifs is 1. The number of ether oxygens (including phenoxy) is 1. The number of carbonyl (C=O) groups is 1. The number of amides is 2. The van der Waals surface area contributed by atoms with E-state index in [1.165, 1.54) is 24.5 Å². The van der Waals surface area contributed by atoms with Gasteiger partial charge in [0.05, 0.1) is 17.2 Å². The Hall–Kier alpha value is -2.48. The van der Waals surface area contributed by atoms with Gasteiger partial charge in [0, 0.05) is 45.0 Å². The molecule has 2 fully saturated rings. The fourth-order valence-electron chi connectivity index (χ4n) is 3.97. The van der Waals surface area contributed by atoms with Crippen molar-refractivity contribution in [1.82, 2.24) is 19.8 Å². The largest absolute Gasteiger partial charge is 0.381 e. The van der Waals surface area contributed by atoms with E-state index in [-0.39, 0.29) is 17.6 Å². The quantitative estimate of drug-likeness (QED) is 0.874. The van der Waals surface area contributed by atoms with Crippen molar-refractivity contribution < 1.29 is 13.9 Å². The van der Waals surface area contributed by atoms with Crippen LogP contribution in [0.5, 0.6) is 0 Å². The number of halogens is 1. The van der Waals surface area contributed by atoms with Gasteiger partial charge in [0.15, 0.2) is 0 Å². The van der Waals surface area contributed by atoms with E-state index < -0.39 is 5.82 Å². The van der Waals surface area contributed by atoms with Crippen LogP contribution in [-0.2, 0) is 11.3 Å². The van der Waals surface area contributed by atoms with Crippen LogP contribution in [0.1, 0.15) is 25.7 Å². The Balaban J connectivity index is 1.33. The van der Waals surface area contributed by atoms with Crippen LogP contribution < -0.4 is 10.9 Å². The maximum atomic E-state index is 13.3. The summed E-state index contributed by atoms with van der Waals surface area (Å²) in [6.07, 6.45) is 4.91. The van der Waals surface area contributed by atoms with Gasteiger partial charge in [0.25, 0.3) is 5.56 Å². The molecule has 2 aliphatic rings. The minimum atomic E-state index is -0.399. The maximum absolute atomic E-state index is 13.3. The smallest absolute Gasteiger partial charge is 0.317 e. The number of hydrogen-bond donors (Lipinski definition) is 1. The van der Waals surface area contributed by atoms with Gasteiger partial charge in [0.1, 0.15) is 5.82 Å². The summed E-state index contributed by atoms with van der Waals surface area (Å²) in [5.74, 6) is -0.0897. The summed E-state index contributed by atoms with van der Waals surface area (Å²) in [6.45, 7) is 3.33. The number of rotatable bonds is 3. The molecule has 0 saturated carbocycles. The van der Waals surface area contributed by atoms with Crippen molar-refractivity contribution in [3.05, 3.63) is 40.7 Å². The number of nitrogens with one attached hydrogen (secondary N) is 1. The Morgan fingerprint density at radius 1 is 1.21 bits per heavy atom. The molecule has 2 aromatic rings. The summed E-state index contributed by atoms with van der Waals surface area (Å²) in [5.41, 5.74) is 0.227. The van der Waals surface area contributed by atoms with E-state index in [0.717, 1.165) is 25.7 Å². The minimum Gasteiger partial charge on any atom is -0.381 e. The van der Waals surface area contributed by atoms with Crippen LogP contribution in [0.15, 0.2) is 29.3 Å². The Morgan fingerprint density at radius 2 is 1.96 bits per heavy atom. The summed E-state index contributed by atoms with van der Waals surface area (Å²) in [4.78, 5) is 31.1. The zero-order chi connectivity index (χ0) is 19.5. The van der Waals surface area contributed by atoms with Crippen LogP contribution in [-0.4, -0.2) is 52.8 Å². The first-order chi connectivity index (χ1) is 13.6. The molecule has 2 saturated heterocycles. The molecule has 150 valence electrons. The highest BCUT2D eigenvalue weighted by Crippen LogP contribution is 2.19. The molecule has 4 rings (SSSR count). The average molecular weight is 388 g/mol. The van der Waals surface area contributed by atoms with Crippen molar-refractivity contribution >= 4 is 16.9 Å². The number of likely N-dealkylation sites (tertiary alicyclic amines) is 1. The predicted octanol–water partition coefficient (Wildman–Crippen LogP) is 2.14. The first-order valence-electron chi connectivity index (χ1n) is 9.88. The van der Waals surface area contributed by atoms with Crippen LogP contribution in [0.3, 0.4) is 0 Å². The number of piperidine rings is 1. The molecule has 2 aliphatic heterocycles. The van der Waals surface area contributed by atoms with Crippen LogP contribution in [0.25, 0.3) is 10.9 Å². The Labute approximate surface area is 162 Å². The third-order valence-corrected chi connectivity index (χ3v) is 5.69. The van der Waals surface area contributed by atoms with Gasteiger partial charge in [-0.1, -0.05) is 0 Å². The predicted molar refractivity (Wildman–Crippen MR) is 103 cm³/mol. The molecular weight excluding hydrogens is 363 g/mol. The minimum absolute atomic E-state index is 0.00286. The highest BCUT2D eigenvalue weighted by molar-refractivity contribution is 5.77. The van der Waals surface area contributed by atoms with Gasteiger partial charge < -0.3 is 15.0 Å². The summed E-state index contributed by atoms with van der Waals surface area (Å²) in [6, 6.07) is 4.24. The Bertz CT molecular complexity index is 902. The van der Waals surface area contributed by atoms with Crippen molar-refractivity contribution in [2.24, 2.45) is 5.92 Å². The van der Waals surface area contributed by atoms with E-state index in [9.17, 15) is 14.0 Å². The highest BCUT2D eigenvalue weighted by Gasteiger charge is 2.25. The highest BCUT2D eigenvalue weighted by atomic mass is 19.1. The van der Waals surface area contributed by atoms with Crippen molar-refractivity contribution in [3.63, 3.8) is 0 Å². The summed E-state index contributed by atoms with van der Waals surface area (Å²) >= 11 is 0. The summed E-state index contributed by atoms with van der Waals surface area (Å²) in [7, 11) is 0. The van der Waals surface area contributed by atoms with Gasteiger partial charge in [-0.25, -0.2) is 14.2 Å². The first-order valence-corrected chi connectivity index (χ1v) is 9.88. The molecule has 0 radical (unpaired) electrons. The lowest BCUT2D eigenvalue weighted by Gasteiger charge is -2.34. The monoisotopic (exact) mass is 388 g/mol. The first kappa shape index (κ1) is 18.9. The van der Waals surface area contributed by atoms with Gasteiger partial charge in [-0.15, -0.1) is 0 Å². The van der Waals surface area contributed by atoms with Crippen LogP contribution in [0, 0.1) is 11.7 Å². The second-order valence-corrected chi connectivity index (χ2v) is 7.63. The SMILES string of the molecule is O=C(NC1CCOCC1)N1CCC(Cn2cnc3cc(F)ccc3c2=O)CC1. The van der Waals surface area contributed by atoms with Gasteiger partial charge in [-0.05, 0) is 43.7 Å². The molecule has 0 aliphatic carbocycles.